The van der Waals surface area contributed by atoms with E-state index in [9.17, 15) is 0 Å². The van der Waals surface area contributed by atoms with Crippen molar-refractivity contribution in [1.82, 2.24) is 4.98 Å². The van der Waals surface area contributed by atoms with Crippen molar-refractivity contribution in [1.29, 1.82) is 0 Å². The molecule has 0 amide bonds. The third-order valence-corrected chi connectivity index (χ3v) is 14.9. The van der Waals surface area contributed by atoms with E-state index in [1.165, 1.54) is 152 Å². The number of fused-ring (bicyclic) bond motifs is 6. The summed E-state index contributed by atoms with van der Waals surface area (Å²) in [7, 11) is 0. The van der Waals surface area contributed by atoms with Gasteiger partial charge in [0.15, 0.2) is 0 Å². The van der Waals surface area contributed by atoms with E-state index >= 15 is 0 Å². The molecule has 1 aromatic heterocycles. The fourth-order valence-electron chi connectivity index (χ4n) is 11.6. The molecule has 0 N–H and O–H groups in total. The molecule has 0 atom stereocenters. The third kappa shape index (κ3) is 7.75. The molecule has 11 rings (SSSR count). The lowest BCUT2D eigenvalue weighted by Gasteiger charge is -2.33. The molecule has 0 radical (unpaired) electrons. The fourth-order valence-corrected chi connectivity index (χ4v) is 11.6. The molecule has 10 aromatic rings. The maximum Gasteiger partial charge on any atom is 0.0794 e. The van der Waals surface area contributed by atoms with Crippen LogP contribution in [0.25, 0.3) is 99.3 Å². The van der Waals surface area contributed by atoms with Gasteiger partial charge in [-0.25, -0.2) is 4.98 Å². The Balaban J connectivity index is 1.05. The Hall–Kier alpha value is -7.09. The maximum absolute atomic E-state index is 5.70. The van der Waals surface area contributed by atoms with E-state index in [2.05, 4.69) is 214 Å². The first-order valence-electron chi connectivity index (χ1n) is 25.0. The number of hydrogen-bond acceptors (Lipinski definition) is 1. The maximum atomic E-state index is 5.70. The van der Waals surface area contributed by atoms with Gasteiger partial charge in [-0.15, -0.1) is 0 Å². The molecular formula is C66H59N. The first-order chi connectivity index (χ1) is 33.2. The first-order valence-corrected chi connectivity index (χ1v) is 25.0. The van der Waals surface area contributed by atoms with Crippen molar-refractivity contribution in [2.24, 2.45) is 0 Å². The molecule has 0 unspecified atom stereocenters. The molecule has 1 aliphatic carbocycles. The van der Waals surface area contributed by atoms with Crippen LogP contribution in [0.5, 0.6) is 0 Å². The van der Waals surface area contributed by atoms with Crippen LogP contribution in [0.2, 0.25) is 0 Å². The molecule has 0 bridgehead atoms. The summed E-state index contributed by atoms with van der Waals surface area (Å²) in [6, 6.07) is 74.6. The molecule has 67 heavy (non-hydrogen) atoms. The molecule has 1 heterocycles. The van der Waals surface area contributed by atoms with E-state index in [1.54, 1.807) is 0 Å². The summed E-state index contributed by atoms with van der Waals surface area (Å²) in [5, 5.41) is 6.23. The average Bonchev–Trinajstić information content (AvgIpc) is 3.66. The SMILES string of the molecule is CCCCCCC1(CCCCCC)c2ccccc2-c2ccc(-c3cc(-c4ccccc4)c4cccc(-c5ccc(-c6c7ccccc7c(-c7ccccc7)c7ccccc67)cc5)c4n3)cc21. The molecule has 0 fully saturated rings. The number of unbranched alkanes of at least 4 members (excludes halogenated alkanes) is 6. The lowest BCUT2D eigenvalue weighted by molar-refractivity contribution is 0.401. The smallest absolute Gasteiger partial charge is 0.0794 e. The Labute approximate surface area is 397 Å². The molecule has 1 nitrogen and oxygen atoms in total. The van der Waals surface area contributed by atoms with Gasteiger partial charge in [0.2, 0.25) is 0 Å². The van der Waals surface area contributed by atoms with Gasteiger partial charge in [-0.3, -0.25) is 0 Å². The van der Waals surface area contributed by atoms with Crippen molar-refractivity contribution in [2.75, 3.05) is 0 Å². The molecule has 0 aliphatic heterocycles. The minimum Gasteiger partial charge on any atom is -0.247 e. The Morgan fingerprint density at radius 3 is 1.40 bits per heavy atom. The van der Waals surface area contributed by atoms with Gasteiger partial charge in [-0.05, 0) is 108 Å². The molecular weight excluding hydrogens is 807 g/mol. The van der Waals surface area contributed by atoms with Crippen LogP contribution >= 0.6 is 0 Å². The first kappa shape index (κ1) is 42.5. The minimum absolute atomic E-state index is 0.00789. The van der Waals surface area contributed by atoms with Gasteiger partial charge in [0.1, 0.15) is 0 Å². The van der Waals surface area contributed by atoms with E-state index in [1.807, 2.05) is 0 Å². The highest BCUT2D eigenvalue weighted by molar-refractivity contribution is 6.21. The summed E-state index contributed by atoms with van der Waals surface area (Å²) in [6.07, 6.45) is 12.5. The lowest BCUT2D eigenvalue weighted by atomic mass is 9.70. The predicted octanol–water partition coefficient (Wildman–Crippen LogP) is 19.1. The van der Waals surface area contributed by atoms with Crippen molar-refractivity contribution >= 4 is 32.4 Å². The topological polar surface area (TPSA) is 12.9 Å². The predicted molar refractivity (Wildman–Crippen MR) is 288 cm³/mol. The second-order valence-electron chi connectivity index (χ2n) is 18.9. The fraction of sp³-hybridized carbons (Fsp3) is 0.197. The zero-order valence-corrected chi connectivity index (χ0v) is 39.1. The van der Waals surface area contributed by atoms with Crippen LogP contribution in [0, 0.1) is 0 Å². The van der Waals surface area contributed by atoms with Crippen molar-refractivity contribution in [3.05, 3.63) is 211 Å². The van der Waals surface area contributed by atoms with Crippen LogP contribution in [-0.2, 0) is 5.41 Å². The Bertz CT molecular complexity index is 3290. The van der Waals surface area contributed by atoms with Gasteiger partial charge in [-0.1, -0.05) is 253 Å². The zero-order chi connectivity index (χ0) is 45.2. The molecule has 0 spiro atoms. The number of nitrogens with zero attached hydrogens (tertiary/aromatic N) is 1. The number of rotatable bonds is 15. The number of aromatic nitrogens is 1. The quantitative estimate of drug-likeness (QED) is 0.0739. The van der Waals surface area contributed by atoms with Gasteiger partial charge >= 0.3 is 0 Å². The molecule has 9 aromatic carbocycles. The highest BCUT2D eigenvalue weighted by Gasteiger charge is 2.42. The highest BCUT2D eigenvalue weighted by atomic mass is 14.7. The van der Waals surface area contributed by atoms with Crippen molar-refractivity contribution in [3.8, 4) is 66.9 Å². The summed E-state index contributed by atoms with van der Waals surface area (Å²) in [5.41, 5.74) is 18.9. The Morgan fingerprint density at radius 2 is 0.791 bits per heavy atom. The standard InChI is InChI=1S/C66H59N/c1-3-5-7-21-42-66(43-22-8-6-4-2)60-35-20-19-28-52(60)53-41-40-50(44-61(53)66)62-45-59(46-24-11-9-12-25-46)58-34-23-33-51(65(58)67-62)47-36-38-49(39-37-47)64-56-31-17-15-29-54(56)63(48-26-13-10-14-27-48)55-30-16-18-32-57(55)64/h9-20,23-41,44-45H,3-8,21-22,42-43H2,1-2H3. The van der Waals surface area contributed by atoms with Gasteiger partial charge in [0.25, 0.3) is 0 Å². The van der Waals surface area contributed by atoms with Crippen LogP contribution < -0.4 is 0 Å². The van der Waals surface area contributed by atoms with Crippen LogP contribution in [-0.4, -0.2) is 4.98 Å². The third-order valence-electron chi connectivity index (χ3n) is 14.9. The molecule has 328 valence electrons. The van der Waals surface area contributed by atoms with E-state index in [0.29, 0.717) is 0 Å². The van der Waals surface area contributed by atoms with Crippen LogP contribution in [0.15, 0.2) is 200 Å². The molecule has 1 heteroatoms. The largest absolute Gasteiger partial charge is 0.247 e. The second-order valence-corrected chi connectivity index (χ2v) is 18.9. The molecule has 1 aliphatic rings. The highest BCUT2D eigenvalue weighted by Crippen LogP contribution is 2.55. The number of pyridine rings is 1. The van der Waals surface area contributed by atoms with Gasteiger partial charge in [0, 0.05) is 21.9 Å². The molecule has 0 saturated carbocycles. The van der Waals surface area contributed by atoms with Gasteiger partial charge < -0.3 is 0 Å². The van der Waals surface area contributed by atoms with Gasteiger partial charge in [-0.2, -0.15) is 0 Å². The summed E-state index contributed by atoms with van der Waals surface area (Å²) in [5.74, 6) is 0. The normalized spacial score (nSPS) is 12.7. The van der Waals surface area contributed by atoms with Crippen LogP contribution in [0.1, 0.15) is 89.2 Å². The van der Waals surface area contributed by atoms with Crippen molar-refractivity contribution in [2.45, 2.75) is 83.5 Å². The monoisotopic (exact) mass is 865 g/mol. The van der Waals surface area contributed by atoms with Crippen molar-refractivity contribution < 1.29 is 0 Å². The lowest BCUT2D eigenvalue weighted by Crippen LogP contribution is -2.25. The number of benzene rings is 9. The van der Waals surface area contributed by atoms with Crippen molar-refractivity contribution in [3.63, 3.8) is 0 Å². The van der Waals surface area contributed by atoms with E-state index in [0.717, 1.165) is 22.3 Å². The van der Waals surface area contributed by atoms with Gasteiger partial charge in [0.05, 0.1) is 11.2 Å². The summed E-state index contributed by atoms with van der Waals surface area (Å²) in [6.45, 7) is 4.64. The number of hydrogen-bond donors (Lipinski definition) is 0. The molecule has 0 saturated heterocycles. The van der Waals surface area contributed by atoms with Crippen LogP contribution in [0.4, 0.5) is 0 Å². The Kier molecular flexibility index (Phi) is 11.8. The zero-order valence-electron chi connectivity index (χ0n) is 39.1. The number of para-hydroxylation sites is 1. The summed E-state index contributed by atoms with van der Waals surface area (Å²) >= 11 is 0. The summed E-state index contributed by atoms with van der Waals surface area (Å²) < 4.78 is 0. The average molecular weight is 866 g/mol. The van der Waals surface area contributed by atoms with E-state index in [4.69, 9.17) is 4.98 Å². The van der Waals surface area contributed by atoms with Crippen LogP contribution in [0.3, 0.4) is 0 Å². The Morgan fingerprint density at radius 1 is 0.328 bits per heavy atom. The minimum atomic E-state index is 0.00789. The van der Waals surface area contributed by atoms with E-state index < -0.39 is 0 Å². The van der Waals surface area contributed by atoms with E-state index in [-0.39, 0.29) is 5.41 Å². The second kappa shape index (κ2) is 18.7. The summed E-state index contributed by atoms with van der Waals surface area (Å²) in [4.78, 5) is 5.70.